The fourth-order valence-electron chi connectivity index (χ4n) is 8.60. The predicted molar refractivity (Wildman–Crippen MR) is 282 cm³/mol. The van der Waals surface area contributed by atoms with Crippen molar-refractivity contribution in [3.05, 3.63) is 71.8 Å². The number of benzene rings is 2. The minimum absolute atomic E-state index is 0.0717. The normalized spacial score (nSPS) is 16.5. The average molecular weight is 1130 g/mol. The van der Waals surface area contributed by atoms with Gasteiger partial charge in [0.2, 0.25) is 59.1 Å². The SMILES string of the molecule is CC(=O)N[C@@H](CC(C)C)C(=O)N[C@@H](CC(=O)O)C(=O)N1C[C@@H](F)C[C@H]1C(=O)N[C@@H](CCC(=O)O)C(=O)N[C@@H](Cc1ccccc1)C(=O)NCC(=O)N[C@@H](CCC(=O)O)C(=O)N[C@@H](Cc1ccccc1)C(=O)N[C@@H](CC(C)C)C(N)=O. The molecule has 438 valence electrons. The van der Waals surface area contributed by atoms with Crippen LogP contribution < -0.4 is 48.3 Å². The van der Waals surface area contributed by atoms with Crippen molar-refractivity contribution in [2.45, 2.75) is 153 Å². The van der Waals surface area contributed by atoms with Crippen LogP contribution in [0.1, 0.15) is 97.1 Å². The summed E-state index contributed by atoms with van der Waals surface area (Å²) in [5, 5.41) is 48.0. The monoisotopic (exact) mass is 1120 g/mol. The van der Waals surface area contributed by atoms with E-state index in [9.17, 15) is 77.6 Å². The Morgan fingerprint density at radius 3 is 1.46 bits per heavy atom. The molecule has 26 nitrogen and oxygen atoms in total. The summed E-state index contributed by atoms with van der Waals surface area (Å²) in [6, 6.07) is 4.23. The van der Waals surface area contributed by atoms with E-state index in [1.54, 1.807) is 88.4 Å². The van der Waals surface area contributed by atoms with Crippen LogP contribution >= 0.6 is 0 Å². The number of carbonyl (C=O) groups is 13. The molecule has 13 N–H and O–H groups in total. The van der Waals surface area contributed by atoms with Crippen LogP contribution in [0.2, 0.25) is 0 Å². The number of nitrogens with one attached hydrogen (secondary N) is 8. The molecule has 2 aromatic carbocycles. The van der Waals surface area contributed by atoms with E-state index in [2.05, 4.69) is 42.5 Å². The third-order valence-electron chi connectivity index (χ3n) is 12.4. The molecule has 0 aliphatic carbocycles. The Kier molecular flexibility index (Phi) is 26.6. The quantitative estimate of drug-likeness (QED) is 0.0396. The molecule has 1 aliphatic rings. The van der Waals surface area contributed by atoms with Crippen molar-refractivity contribution < 1.29 is 82.0 Å². The second-order valence-electron chi connectivity index (χ2n) is 20.2. The zero-order chi connectivity index (χ0) is 59.8. The van der Waals surface area contributed by atoms with Gasteiger partial charge in [-0.1, -0.05) is 88.4 Å². The average Bonchev–Trinajstić information content (AvgIpc) is 3.78. The lowest BCUT2D eigenvalue weighted by Gasteiger charge is -2.30. The van der Waals surface area contributed by atoms with Crippen LogP contribution in [0.25, 0.3) is 0 Å². The number of likely N-dealkylation sites (tertiary alicyclic amines) is 1. The molecule has 10 amide bonds. The number of aliphatic carboxylic acids is 3. The fourth-order valence-corrected chi connectivity index (χ4v) is 8.60. The Bertz CT molecular complexity index is 2540. The molecule has 3 rings (SSSR count). The number of primary amides is 1. The number of carboxylic acid groups (broad SMARTS) is 3. The van der Waals surface area contributed by atoms with E-state index in [-0.39, 0.29) is 37.5 Å². The van der Waals surface area contributed by atoms with Crippen LogP contribution in [0.3, 0.4) is 0 Å². The van der Waals surface area contributed by atoms with Gasteiger partial charge >= 0.3 is 17.9 Å². The van der Waals surface area contributed by atoms with Crippen molar-refractivity contribution in [2.75, 3.05) is 13.1 Å². The number of hydrogen-bond acceptors (Lipinski definition) is 13. The molecule has 9 atom stereocenters. The second-order valence-corrected chi connectivity index (χ2v) is 20.2. The van der Waals surface area contributed by atoms with E-state index in [1.807, 2.05) is 0 Å². The van der Waals surface area contributed by atoms with Gasteiger partial charge in [-0.05, 0) is 48.6 Å². The molecule has 0 aromatic heterocycles. The van der Waals surface area contributed by atoms with E-state index in [1.165, 1.54) is 0 Å². The maximum Gasteiger partial charge on any atom is 0.305 e. The largest absolute Gasteiger partial charge is 0.481 e. The van der Waals surface area contributed by atoms with Gasteiger partial charge < -0.3 is 68.5 Å². The maximum absolute atomic E-state index is 15.2. The number of alkyl halides is 1. The molecule has 2 aromatic rings. The van der Waals surface area contributed by atoms with E-state index in [4.69, 9.17) is 5.73 Å². The van der Waals surface area contributed by atoms with E-state index in [0.717, 1.165) is 6.92 Å². The van der Waals surface area contributed by atoms with Crippen LogP contribution in [0, 0.1) is 11.8 Å². The summed E-state index contributed by atoms with van der Waals surface area (Å²) in [5.41, 5.74) is 6.59. The van der Waals surface area contributed by atoms with Gasteiger partial charge in [-0.15, -0.1) is 0 Å². The lowest BCUT2D eigenvalue weighted by molar-refractivity contribution is -0.146. The van der Waals surface area contributed by atoms with E-state index in [0.29, 0.717) is 16.0 Å². The first-order valence-corrected chi connectivity index (χ1v) is 26.0. The molecule has 0 spiro atoms. The molecule has 1 saturated heterocycles. The number of carbonyl (C=O) groups excluding carboxylic acids is 10. The van der Waals surface area contributed by atoms with Crippen LogP contribution in [-0.4, -0.2) is 165 Å². The summed E-state index contributed by atoms with van der Waals surface area (Å²) >= 11 is 0. The van der Waals surface area contributed by atoms with Crippen molar-refractivity contribution >= 4 is 77.0 Å². The highest BCUT2D eigenvalue weighted by molar-refractivity contribution is 5.99. The first-order valence-electron chi connectivity index (χ1n) is 26.0. The maximum atomic E-state index is 15.2. The number of carboxylic acids is 3. The third kappa shape index (κ3) is 23.2. The Balaban J connectivity index is 1.86. The first kappa shape index (κ1) is 65.8. The minimum Gasteiger partial charge on any atom is -0.481 e. The molecule has 27 heteroatoms. The van der Waals surface area contributed by atoms with Gasteiger partial charge in [0.25, 0.3) is 0 Å². The first-order chi connectivity index (χ1) is 37.6. The molecular formula is C53H73FN10O16. The molecule has 0 radical (unpaired) electrons. The van der Waals surface area contributed by atoms with Crippen molar-refractivity contribution in [1.29, 1.82) is 0 Å². The van der Waals surface area contributed by atoms with Gasteiger partial charge in [0.1, 0.15) is 54.5 Å². The van der Waals surface area contributed by atoms with E-state index >= 15 is 4.39 Å². The van der Waals surface area contributed by atoms with Gasteiger partial charge in [0.15, 0.2) is 0 Å². The molecule has 1 heterocycles. The number of halogens is 1. The molecular weight excluding hydrogens is 1050 g/mol. The molecule has 1 fully saturated rings. The Hall–Kier alpha value is -8.52. The third-order valence-corrected chi connectivity index (χ3v) is 12.4. The number of amides is 10. The van der Waals surface area contributed by atoms with Crippen LogP contribution in [0.15, 0.2) is 60.7 Å². The standard InChI is InChI=1S/C53H73FN10O16/c1-28(2)20-36(46(55)73)60-51(78)39(23-32-14-10-7-11-15-32)62-48(75)34(16-18-43(67)68)58-42(66)26-56-47(74)38(22-31-12-8-6-9-13-31)61-49(76)35(17-19-44(69)70)59-52(79)41-24-33(54)27-64(41)53(80)40(25-45(71)72)63-50(77)37(21-29(3)4)57-30(5)65/h6-15,28-29,33-41H,16-27H2,1-5H3,(H2,55,73)(H,56,74)(H,57,65)(H,58,66)(H,59,79)(H,60,78)(H,61,76)(H,62,75)(H,63,77)(H,67,68)(H,69,70)(H,71,72)/t33-,34-,35-,36-,37-,38-,39-,40-,41-/m0/s1. The highest BCUT2D eigenvalue weighted by Gasteiger charge is 2.44. The van der Waals surface area contributed by atoms with Crippen LogP contribution in [0.4, 0.5) is 4.39 Å². The van der Waals surface area contributed by atoms with Crippen LogP contribution in [-0.2, 0) is 75.2 Å². The van der Waals surface area contributed by atoms with Crippen molar-refractivity contribution in [3.63, 3.8) is 0 Å². The zero-order valence-electron chi connectivity index (χ0n) is 45.2. The minimum atomic E-state index is -1.87. The van der Waals surface area contributed by atoms with Gasteiger partial charge in [-0.2, -0.15) is 0 Å². The summed E-state index contributed by atoms with van der Waals surface area (Å²) in [6.07, 6.45) is -6.18. The molecule has 0 unspecified atom stereocenters. The molecule has 0 saturated carbocycles. The Morgan fingerprint density at radius 2 is 1.00 bits per heavy atom. The van der Waals surface area contributed by atoms with Crippen LogP contribution in [0.5, 0.6) is 0 Å². The topological polar surface area (TPSA) is 408 Å². The van der Waals surface area contributed by atoms with Gasteiger partial charge in [-0.25, -0.2) is 4.39 Å². The summed E-state index contributed by atoms with van der Waals surface area (Å²) in [6.45, 7) is 6.59. The summed E-state index contributed by atoms with van der Waals surface area (Å²) < 4.78 is 15.2. The van der Waals surface area contributed by atoms with Gasteiger partial charge in [0.05, 0.1) is 19.5 Å². The highest BCUT2D eigenvalue weighted by Crippen LogP contribution is 2.23. The second kappa shape index (κ2) is 32.4. The molecule has 0 bridgehead atoms. The lowest BCUT2D eigenvalue weighted by atomic mass is 10.0. The number of nitrogens with zero attached hydrogens (tertiary/aromatic N) is 1. The smallest absolute Gasteiger partial charge is 0.305 e. The summed E-state index contributed by atoms with van der Waals surface area (Å²) in [5.74, 6) is -14.3. The van der Waals surface area contributed by atoms with Gasteiger partial charge in [-0.3, -0.25) is 62.3 Å². The van der Waals surface area contributed by atoms with Crippen molar-refractivity contribution in [3.8, 4) is 0 Å². The summed E-state index contributed by atoms with van der Waals surface area (Å²) in [4.78, 5) is 171. The lowest BCUT2D eigenvalue weighted by Crippen LogP contribution is -2.59. The number of nitrogens with two attached hydrogens (primary N) is 1. The highest BCUT2D eigenvalue weighted by atomic mass is 19.1. The molecule has 1 aliphatic heterocycles. The number of hydrogen-bond donors (Lipinski definition) is 12. The predicted octanol–water partition coefficient (Wildman–Crippen LogP) is -1.28. The van der Waals surface area contributed by atoms with Crippen molar-refractivity contribution in [2.24, 2.45) is 17.6 Å². The number of rotatable bonds is 33. The fraction of sp³-hybridized carbons (Fsp3) is 0.528. The Labute approximate surface area is 461 Å². The van der Waals surface area contributed by atoms with E-state index < -0.39 is 183 Å². The van der Waals surface area contributed by atoms with Crippen molar-refractivity contribution in [1.82, 2.24) is 47.4 Å². The van der Waals surface area contributed by atoms with Gasteiger partial charge in [0, 0.05) is 39.0 Å². The zero-order valence-corrected chi connectivity index (χ0v) is 45.2. The summed E-state index contributed by atoms with van der Waals surface area (Å²) in [7, 11) is 0. The Morgan fingerprint density at radius 1 is 0.562 bits per heavy atom. The molecule has 80 heavy (non-hydrogen) atoms.